The van der Waals surface area contributed by atoms with Gasteiger partial charge < -0.3 is 10.8 Å². The number of benzene rings is 1. The van der Waals surface area contributed by atoms with Crippen LogP contribution in [0.4, 0.5) is 0 Å². The highest BCUT2D eigenvalue weighted by Crippen LogP contribution is 2.07. The molecule has 2 heteroatoms. The highest BCUT2D eigenvalue weighted by molar-refractivity contribution is 5.22. The highest BCUT2D eigenvalue weighted by atomic mass is 16.3. The maximum absolute atomic E-state index is 8.74. The Bertz CT molecular complexity index is 260. The van der Waals surface area contributed by atoms with E-state index < -0.39 is 0 Å². The van der Waals surface area contributed by atoms with Crippen LogP contribution in [0.1, 0.15) is 17.5 Å². The summed E-state index contributed by atoms with van der Waals surface area (Å²) in [4.78, 5) is 0. The summed E-state index contributed by atoms with van der Waals surface area (Å²) >= 11 is 0. The molecule has 0 saturated heterocycles. The second kappa shape index (κ2) is 5.00. The van der Waals surface area contributed by atoms with Gasteiger partial charge >= 0.3 is 0 Å². The molecule has 1 aromatic rings. The fourth-order valence-corrected chi connectivity index (χ4v) is 1.31. The lowest BCUT2D eigenvalue weighted by molar-refractivity contribution is 0.260. The van der Waals surface area contributed by atoms with Crippen LogP contribution in [-0.4, -0.2) is 17.8 Å². The van der Waals surface area contributed by atoms with Crippen LogP contribution in [0, 0.1) is 6.92 Å². The number of hydrogen-bond donors (Lipinski definition) is 2. The molecule has 0 heterocycles. The Hall–Kier alpha value is -0.860. The van der Waals surface area contributed by atoms with Gasteiger partial charge in [-0.05, 0) is 25.3 Å². The van der Waals surface area contributed by atoms with Gasteiger partial charge in [0.25, 0.3) is 0 Å². The molecular weight excluding hydrogens is 162 g/mol. The van der Waals surface area contributed by atoms with E-state index in [1.807, 2.05) is 0 Å². The van der Waals surface area contributed by atoms with E-state index in [0.29, 0.717) is 0 Å². The van der Waals surface area contributed by atoms with Gasteiger partial charge in [0, 0.05) is 6.04 Å². The van der Waals surface area contributed by atoms with Gasteiger partial charge in [-0.1, -0.05) is 29.8 Å². The van der Waals surface area contributed by atoms with Gasteiger partial charge in [-0.3, -0.25) is 0 Å². The highest BCUT2D eigenvalue weighted by Gasteiger charge is 2.00. The Morgan fingerprint density at radius 3 is 2.85 bits per heavy atom. The lowest BCUT2D eigenvalue weighted by Gasteiger charge is -2.07. The van der Waals surface area contributed by atoms with E-state index in [4.69, 9.17) is 10.8 Å². The molecule has 0 radical (unpaired) electrons. The van der Waals surface area contributed by atoms with E-state index in [9.17, 15) is 0 Å². The van der Waals surface area contributed by atoms with Crippen molar-refractivity contribution in [2.75, 3.05) is 6.61 Å². The third-order valence-electron chi connectivity index (χ3n) is 2.12. The van der Waals surface area contributed by atoms with Crippen molar-refractivity contribution in [1.82, 2.24) is 0 Å². The summed E-state index contributed by atoms with van der Waals surface area (Å²) in [5.74, 6) is 0. The summed E-state index contributed by atoms with van der Waals surface area (Å²) in [5.41, 5.74) is 8.18. The molecule has 13 heavy (non-hydrogen) atoms. The van der Waals surface area contributed by atoms with Crippen LogP contribution in [-0.2, 0) is 6.42 Å². The third-order valence-corrected chi connectivity index (χ3v) is 2.12. The topological polar surface area (TPSA) is 46.2 Å². The van der Waals surface area contributed by atoms with Crippen molar-refractivity contribution in [3.05, 3.63) is 35.4 Å². The Labute approximate surface area is 79.4 Å². The van der Waals surface area contributed by atoms with Crippen LogP contribution in [0.25, 0.3) is 0 Å². The Balaban J connectivity index is 2.45. The van der Waals surface area contributed by atoms with Gasteiger partial charge in [-0.25, -0.2) is 0 Å². The van der Waals surface area contributed by atoms with Crippen LogP contribution in [0.5, 0.6) is 0 Å². The Kier molecular flexibility index (Phi) is 3.93. The van der Waals surface area contributed by atoms with Crippen LogP contribution < -0.4 is 5.73 Å². The molecule has 1 atom stereocenters. The molecule has 1 rings (SSSR count). The zero-order chi connectivity index (χ0) is 9.68. The molecule has 0 spiro atoms. The first-order valence-corrected chi connectivity index (χ1v) is 4.64. The standard InChI is InChI=1S/C11H17NO/c1-9-3-2-4-10(7-9)5-6-11(12)8-13/h2-4,7,11,13H,5-6,8,12H2,1H3. The predicted octanol–water partition coefficient (Wildman–Crippen LogP) is 1.25. The van der Waals surface area contributed by atoms with Crippen LogP contribution >= 0.6 is 0 Å². The number of aliphatic hydroxyl groups is 1. The van der Waals surface area contributed by atoms with Crippen molar-refractivity contribution in [1.29, 1.82) is 0 Å². The van der Waals surface area contributed by atoms with Crippen molar-refractivity contribution in [3.63, 3.8) is 0 Å². The van der Waals surface area contributed by atoms with Gasteiger partial charge in [0.1, 0.15) is 0 Å². The van der Waals surface area contributed by atoms with Crippen LogP contribution in [0.3, 0.4) is 0 Å². The molecule has 72 valence electrons. The van der Waals surface area contributed by atoms with E-state index in [1.165, 1.54) is 11.1 Å². The van der Waals surface area contributed by atoms with Gasteiger partial charge in [0.2, 0.25) is 0 Å². The van der Waals surface area contributed by atoms with Gasteiger partial charge in [0.05, 0.1) is 6.61 Å². The maximum Gasteiger partial charge on any atom is 0.0582 e. The zero-order valence-electron chi connectivity index (χ0n) is 8.03. The minimum atomic E-state index is -0.0829. The summed E-state index contributed by atoms with van der Waals surface area (Å²) in [7, 11) is 0. The fraction of sp³-hybridized carbons (Fsp3) is 0.455. The number of hydrogen-bond acceptors (Lipinski definition) is 2. The third kappa shape index (κ3) is 3.57. The molecule has 2 nitrogen and oxygen atoms in total. The molecule has 0 aromatic heterocycles. The summed E-state index contributed by atoms with van der Waals surface area (Å²) in [5, 5.41) is 8.74. The Morgan fingerprint density at radius 2 is 2.23 bits per heavy atom. The lowest BCUT2D eigenvalue weighted by atomic mass is 10.0. The zero-order valence-corrected chi connectivity index (χ0v) is 8.03. The summed E-state index contributed by atoms with van der Waals surface area (Å²) < 4.78 is 0. The molecule has 0 aliphatic heterocycles. The molecule has 0 aliphatic carbocycles. The number of rotatable bonds is 4. The van der Waals surface area contributed by atoms with Crippen molar-refractivity contribution in [2.45, 2.75) is 25.8 Å². The smallest absolute Gasteiger partial charge is 0.0582 e. The van der Waals surface area contributed by atoms with Gasteiger partial charge in [-0.15, -0.1) is 0 Å². The predicted molar refractivity (Wildman–Crippen MR) is 54.6 cm³/mol. The van der Waals surface area contributed by atoms with E-state index >= 15 is 0 Å². The number of aryl methyl sites for hydroxylation is 2. The molecule has 1 aromatic carbocycles. The summed E-state index contributed by atoms with van der Waals surface area (Å²) in [6.07, 6.45) is 1.80. The van der Waals surface area contributed by atoms with E-state index in [2.05, 4.69) is 31.2 Å². The SMILES string of the molecule is Cc1cccc(CCC(N)CO)c1. The van der Waals surface area contributed by atoms with Crippen molar-refractivity contribution < 1.29 is 5.11 Å². The average molecular weight is 179 g/mol. The molecular formula is C11H17NO. The molecule has 0 fully saturated rings. The van der Waals surface area contributed by atoms with Gasteiger partial charge in [-0.2, -0.15) is 0 Å². The monoisotopic (exact) mass is 179 g/mol. The summed E-state index contributed by atoms with van der Waals surface area (Å²) in [6.45, 7) is 2.15. The number of aliphatic hydroxyl groups excluding tert-OH is 1. The van der Waals surface area contributed by atoms with Crippen molar-refractivity contribution in [3.8, 4) is 0 Å². The normalized spacial score (nSPS) is 12.8. The molecule has 0 bridgehead atoms. The largest absolute Gasteiger partial charge is 0.395 e. The second-order valence-electron chi connectivity index (χ2n) is 3.47. The maximum atomic E-state index is 8.74. The van der Waals surface area contributed by atoms with Gasteiger partial charge in [0.15, 0.2) is 0 Å². The second-order valence-corrected chi connectivity index (χ2v) is 3.47. The molecule has 1 unspecified atom stereocenters. The van der Waals surface area contributed by atoms with Crippen molar-refractivity contribution >= 4 is 0 Å². The quantitative estimate of drug-likeness (QED) is 0.730. The molecule has 0 amide bonds. The first kappa shape index (κ1) is 10.2. The van der Waals surface area contributed by atoms with Crippen LogP contribution in [0.15, 0.2) is 24.3 Å². The van der Waals surface area contributed by atoms with E-state index in [-0.39, 0.29) is 12.6 Å². The lowest BCUT2D eigenvalue weighted by Crippen LogP contribution is -2.24. The Morgan fingerprint density at radius 1 is 1.46 bits per heavy atom. The average Bonchev–Trinajstić information content (AvgIpc) is 2.14. The minimum Gasteiger partial charge on any atom is -0.395 e. The fourth-order valence-electron chi connectivity index (χ4n) is 1.31. The van der Waals surface area contributed by atoms with Crippen LogP contribution in [0.2, 0.25) is 0 Å². The molecule has 0 aliphatic rings. The molecule has 3 N–H and O–H groups in total. The van der Waals surface area contributed by atoms with E-state index in [0.717, 1.165) is 12.8 Å². The molecule has 0 saturated carbocycles. The first-order chi connectivity index (χ1) is 6.22. The van der Waals surface area contributed by atoms with E-state index in [1.54, 1.807) is 0 Å². The summed E-state index contributed by atoms with van der Waals surface area (Å²) in [6, 6.07) is 8.30. The first-order valence-electron chi connectivity index (χ1n) is 4.64. The number of nitrogens with two attached hydrogens (primary N) is 1. The van der Waals surface area contributed by atoms with Crippen molar-refractivity contribution in [2.24, 2.45) is 5.73 Å². The minimum absolute atomic E-state index is 0.0752.